The van der Waals surface area contributed by atoms with Gasteiger partial charge in [0.05, 0.1) is 11.2 Å². The van der Waals surface area contributed by atoms with Crippen LogP contribution in [-0.4, -0.2) is 9.97 Å². The zero-order valence-corrected chi connectivity index (χ0v) is 10.8. The molecule has 18 heavy (non-hydrogen) atoms. The summed E-state index contributed by atoms with van der Waals surface area (Å²) in [5, 5.41) is 1.80. The molecular formula is C14H8Cl2N2. The lowest BCUT2D eigenvalue weighted by Gasteiger charge is -2.06. The summed E-state index contributed by atoms with van der Waals surface area (Å²) in [7, 11) is 0. The van der Waals surface area contributed by atoms with Crippen molar-refractivity contribution < 1.29 is 0 Å². The molecule has 0 radical (unpaired) electrons. The van der Waals surface area contributed by atoms with E-state index in [9.17, 15) is 0 Å². The highest BCUT2D eigenvalue weighted by Gasteiger charge is 2.09. The predicted molar refractivity (Wildman–Crippen MR) is 75.0 cm³/mol. The Balaban J connectivity index is 2.37. The molecule has 0 aliphatic carbocycles. The first-order chi connectivity index (χ1) is 8.74. The summed E-state index contributed by atoms with van der Waals surface area (Å²) in [5.41, 5.74) is 2.58. The van der Waals surface area contributed by atoms with E-state index in [-0.39, 0.29) is 5.28 Å². The molecule has 1 aromatic heterocycles. The van der Waals surface area contributed by atoms with Crippen molar-refractivity contribution >= 4 is 34.1 Å². The van der Waals surface area contributed by atoms with Gasteiger partial charge in [-0.15, -0.1) is 0 Å². The third kappa shape index (κ3) is 2.05. The summed E-state index contributed by atoms with van der Waals surface area (Å²) < 4.78 is 0. The summed E-state index contributed by atoms with van der Waals surface area (Å²) in [6.07, 6.45) is 0. The van der Waals surface area contributed by atoms with E-state index in [1.165, 1.54) is 0 Å². The summed E-state index contributed by atoms with van der Waals surface area (Å²) in [4.78, 5) is 8.51. The van der Waals surface area contributed by atoms with Gasteiger partial charge in [-0.1, -0.05) is 41.9 Å². The molecular weight excluding hydrogens is 267 g/mol. The van der Waals surface area contributed by atoms with Crippen LogP contribution in [-0.2, 0) is 0 Å². The maximum Gasteiger partial charge on any atom is 0.223 e. The van der Waals surface area contributed by atoms with Gasteiger partial charge in [0.1, 0.15) is 0 Å². The van der Waals surface area contributed by atoms with Crippen molar-refractivity contribution in [3.63, 3.8) is 0 Å². The zero-order chi connectivity index (χ0) is 12.5. The standard InChI is InChI=1S/C14H8Cl2N2/c15-10-6-7-12-11(8-10)13(18-14(16)17-12)9-4-2-1-3-5-9/h1-8H. The van der Waals surface area contributed by atoms with E-state index in [4.69, 9.17) is 23.2 Å². The molecule has 0 atom stereocenters. The smallest absolute Gasteiger partial charge is 0.218 e. The molecule has 1 heterocycles. The van der Waals surface area contributed by atoms with Crippen molar-refractivity contribution in [2.45, 2.75) is 0 Å². The Morgan fingerprint density at radius 1 is 0.833 bits per heavy atom. The molecule has 2 nitrogen and oxygen atoms in total. The average molecular weight is 275 g/mol. The zero-order valence-electron chi connectivity index (χ0n) is 9.27. The first-order valence-corrected chi connectivity index (χ1v) is 6.18. The number of benzene rings is 2. The Kier molecular flexibility index (Phi) is 2.90. The second kappa shape index (κ2) is 4.56. The molecule has 0 amide bonds. The Hall–Kier alpha value is -1.64. The van der Waals surface area contributed by atoms with Crippen LogP contribution in [0.3, 0.4) is 0 Å². The SMILES string of the molecule is Clc1ccc2nc(Cl)nc(-c3ccccc3)c2c1. The third-order valence-electron chi connectivity index (χ3n) is 2.68. The highest BCUT2D eigenvalue weighted by Crippen LogP contribution is 2.29. The monoisotopic (exact) mass is 274 g/mol. The van der Waals surface area contributed by atoms with Crippen LogP contribution in [0.25, 0.3) is 22.2 Å². The van der Waals surface area contributed by atoms with Crippen molar-refractivity contribution in [1.82, 2.24) is 9.97 Å². The molecule has 0 bridgehead atoms. The van der Waals surface area contributed by atoms with Crippen LogP contribution >= 0.6 is 23.2 Å². The molecule has 0 saturated carbocycles. The van der Waals surface area contributed by atoms with Gasteiger partial charge in [-0.25, -0.2) is 9.97 Å². The topological polar surface area (TPSA) is 25.8 Å². The Morgan fingerprint density at radius 2 is 1.61 bits per heavy atom. The lowest BCUT2D eigenvalue weighted by Crippen LogP contribution is -1.91. The predicted octanol–water partition coefficient (Wildman–Crippen LogP) is 4.60. The number of hydrogen-bond donors (Lipinski definition) is 0. The molecule has 0 aliphatic rings. The third-order valence-corrected chi connectivity index (χ3v) is 3.08. The minimum Gasteiger partial charge on any atom is -0.218 e. The molecule has 0 aliphatic heterocycles. The number of aromatic nitrogens is 2. The Morgan fingerprint density at radius 3 is 2.39 bits per heavy atom. The van der Waals surface area contributed by atoms with E-state index in [0.717, 1.165) is 22.2 Å². The summed E-state index contributed by atoms with van der Waals surface area (Å²) in [6, 6.07) is 15.3. The first-order valence-electron chi connectivity index (χ1n) is 5.42. The molecule has 0 N–H and O–H groups in total. The number of fused-ring (bicyclic) bond motifs is 1. The highest BCUT2D eigenvalue weighted by molar-refractivity contribution is 6.31. The van der Waals surface area contributed by atoms with Gasteiger partial charge in [0.15, 0.2) is 0 Å². The Bertz CT molecular complexity index is 712. The maximum absolute atomic E-state index is 6.03. The van der Waals surface area contributed by atoms with E-state index in [1.807, 2.05) is 42.5 Å². The van der Waals surface area contributed by atoms with Crippen LogP contribution in [0.15, 0.2) is 48.5 Å². The van der Waals surface area contributed by atoms with E-state index in [2.05, 4.69) is 9.97 Å². The number of rotatable bonds is 1. The van der Waals surface area contributed by atoms with Gasteiger partial charge in [-0.05, 0) is 29.8 Å². The molecule has 0 spiro atoms. The van der Waals surface area contributed by atoms with Crippen LogP contribution in [0, 0.1) is 0 Å². The van der Waals surface area contributed by atoms with Gasteiger partial charge in [-0.3, -0.25) is 0 Å². The first kappa shape index (κ1) is 11.5. The van der Waals surface area contributed by atoms with Crippen LogP contribution in [0.4, 0.5) is 0 Å². The van der Waals surface area contributed by atoms with Crippen LogP contribution < -0.4 is 0 Å². The number of hydrogen-bond acceptors (Lipinski definition) is 2. The molecule has 4 heteroatoms. The van der Waals surface area contributed by atoms with Crippen LogP contribution in [0.1, 0.15) is 0 Å². The van der Waals surface area contributed by atoms with Gasteiger partial charge in [0.2, 0.25) is 5.28 Å². The second-order valence-corrected chi connectivity index (χ2v) is 4.64. The Labute approximate surface area is 114 Å². The van der Waals surface area contributed by atoms with Gasteiger partial charge in [-0.2, -0.15) is 0 Å². The average Bonchev–Trinajstić information content (AvgIpc) is 2.39. The highest BCUT2D eigenvalue weighted by atomic mass is 35.5. The lowest BCUT2D eigenvalue weighted by molar-refractivity contribution is 1.22. The van der Waals surface area contributed by atoms with Gasteiger partial charge in [0, 0.05) is 16.0 Å². The maximum atomic E-state index is 6.03. The fourth-order valence-electron chi connectivity index (χ4n) is 1.89. The molecule has 0 saturated heterocycles. The minimum atomic E-state index is 0.240. The van der Waals surface area contributed by atoms with Gasteiger partial charge >= 0.3 is 0 Å². The van der Waals surface area contributed by atoms with Crippen molar-refractivity contribution in [1.29, 1.82) is 0 Å². The largest absolute Gasteiger partial charge is 0.223 e. The van der Waals surface area contributed by atoms with E-state index < -0.39 is 0 Å². The molecule has 88 valence electrons. The summed E-state index contributed by atoms with van der Waals surface area (Å²) in [6.45, 7) is 0. The molecule has 0 unspecified atom stereocenters. The van der Waals surface area contributed by atoms with Crippen molar-refractivity contribution in [2.75, 3.05) is 0 Å². The fraction of sp³-hybridized carbons (Fsp3) is 0. The second-order valence-electron chi connectivity index (χ2n) is 3.87. The summed E-state index contributed by atoms with van der Waals surface area (Å²) in [5.74, 6) is 0. The van der Waals surface area contributed by atoms with E-state index in [1.54, 1.807) is 6.07 Å². The molecule has 3 rings (SSSR count). The number of nitrogens with zero attached hydrogens (tertiary/aromatic N) is 2. The normalized spacial score (nSPS) is 10.8. The quantitative estimate of drug-likeness (QED) is 0.606. The minimum absolute atomic E-state index is 0.240. The summed E-state index contributed by atoms with van der Waals surface area (Å²) >= 11 is 12.0. The lowest BCUT2D eigenvalue weighted by atomic mass is 10.1. The molecule has 0 fully saturated rings. The molecule has 2 aromatic carbocycles. The van der Waals surface area contributed by atoms with Gasteiger partial charge in [0.25, 0.3) is 0 Å². The molecule has 3 aromatic rings. The van der Waals surface area contributed by atoms with Crippen molar-refractivity contribution in [2.24, 2.45) is 0 Å². The van der Waals surface area contributed by atoms with E-state index >= 15 is 0 Å². The van der Waals surface area contributed by atoms with Gasteiger partial charge < -0.3 is 0 Å². The van der Waals surface area contributed by atoms with Crippen LogP contribution in [0.2, 0.25) is 10.3 Å². The van der Waals surface area contributed by atoms with Crippen LogP contribution in [0.5, 0.6) is 0 Å². The van der Waals surface area contributed by atoms with E-state index in [0.29, 0.717) is 5.02 Å². The van der Waals surface area contributed by atoms with Crippen molar-refractivity contribution in [3.8, 4) is 11.3 Å². The fourth-order valence-corrected chi connectivity index (χ4v) is 2.24. The number of halogens is 2. The van der Waals surface area contributed by atoms with Crippen molar-refractivity contribution in [3.05, 3.63) is 58.8 Å².